The number of aldehydes is 1. The van der Waals surface area contributed by atoms with Crippen LogP contribution in [-0.2, 0) is 19.1 Å². The van der Waals surface area contributed by atoms with E-state index in [2.05, 4.69) is 25.2 Å². The Hall–Kier alpha value is -1.66. The first kappa shape index (κ1) is 33.8. The fourth-order valence-electron chi connectivity index (χ4n) is 12.7. The number of fused-ring (bicyclic) bond motifs is 8. The van der Waals surface area contributed by atoms with E-state index in [4.69, 9.17) is 9.47 Å². The van der Waals surface area contributed by atoms with Crippen molar-refractivity contribution in [1.82, 2.24) is 5.32 Å². The van der Waals surface area contributed by atoms with E-state index >= 15 is 0 Å². The minimum atomic E-state index is -2.11. The molecule has 10 nitrogen and oxygen atoms in total. The Kier molecular flexibility index (Phi) is 8.23. The summed E-state index contributed by atoms with van der Waals surface area (Å²) in [4.78, 5) is 26.4. The molecule has 0 amide bonds. The van der Waals surface area contributed by atoms with Crippen LogP contribution < -0.4 is 5.32 Å². The number of aliphatic hydroxyl groups is 5. The zero-order valence-electron chi connectivity index (χ0n) is 28.4. The van der Waals surface area contributed by atoms with Gasteiger partial charge in [0, 0.05) is 49.5 Å². The summed E-state index contributed by atoms with van der Waals surface area (Å²) >= 11 is 0. The summed E-state index contributed by atoms with van der Waals surface area (Å²) in [6.45, 7) is 8.03. The van der Waals surface area contributed by atoms with Crippen LogP contribution in [0.3, 0.4) is 0 Å². The molecular formula is C37H55NO9. The lowest BCUT2D eigenvalue weighted by atomic mass is 9.35. The highest BCUT2D eigenvalue weighted by molar-refractivity contribution is 5.87. The number of aliphatic hydroxyl groups excluding tert-OH is 2. The molecule has 47 heavy (non-hydrogen) atoms. The molecule has 0 aromatic heterocycles. The van der Waals surface area contributed by atoms with Crippen LogP contribution >= 0.6 is 0 Å². The second kappa shape index (κ2) is 11.4. The molecular weight excluding hydrogens is 602 g/mol. The summed E-state index contributed by atoms with van der Waals surface area (Å²) in [5.41, 5.74) is -6.35. The first-order valence-electron chi connectivity index (χ1n) is 18.1. The molecule has 14 atom stereocenters. The lowest BCUT2D eigenvalue weighted by Gasteiger charge is -2.72. The molecule has 7 rings (SSSR count). The Labute approximate surface area is 278 Å². The van der Waals surface area contributed by atoms with Crippen LogP contribution in [0.1, 0.15) is 78.6 Å². The third-order valence-corrected chi connectivity index (χ3v) is 14.9. The highest BCUT2D eigenvalue weighted by atomic mass is 16.5. The number of carbonyl (C=O) groups is 2. The zero-order chi connectivity index (χ0) is 33.7. The van der Waals surface area contributed by atoms with Gasteiger partial charge >= 0.3 is 5.97 Å². The molecule has 0 radical (unpaired) electrons. The van der Waals surface area contributed by atoms with Gasteiger partial charge in [-0.15, -0.1) is 0 Å². The number of esters is 1. The molecule has 6 N–H and O–H groups in total. The standard InChI is InChI=1S/C37H55NO9/c1-20(2)21-6-7-25-27(40)8-11-34(19-39)28-9-10-33(3)30-22(17-35(33,43)37(28,45)32(42)26(15-21)36(25,34)44)14-23(18-38-12-5-13-46-4)31-24(30)16-29(41)47-31/h14,16,19-22,25-28,30-32,38,40,42-45H,5-13,15,17-18H2,1-4H3. The Morgan fingerprint density at radius 1 is 1.09 bits per heavy atom. The Morgan fingerprint density at radius 3 is 2.55 bits per heavy atom. The Bertz CT molecular complexity index is 1350. The summed E-state index contributed by atoms with van der Waals surface area (Å²) < 4.78 is 11.0. The third kappa shape index (κ3) is 4.21. The smallest absolute Gasteiger partial charge is 0.331 e. The van der Waals surface area contributed by atoms with Gasteiger partial charge in [-0.2, -0.15) is 0 Å². The predicted molar refractivity (Wildman–Crippen MR) is 172 cm³/mol. The summed E-state index contributed by atoms with van der Waals surface area (Å²) in [6, 6.07) is 0. The Morgan fingerprint density at radius 2 is 1.85 bits per heavy atom. The van der Waals surface area contributed by atoms with Gasteiger partial charge < -0.3 is 45.1 Å². The number of rotatable bonds is 8. The molecule has 0 bridgehead atoms. The first-order valence-corrected chi connectivity index (χ1v) is 18.1. The molecule has 0 spiro atoms. The number of carbonyl (C=O) groups excluding carboxylic acids is 2. The van der Waals surface area contributed by atoms with Gasteiger partial charge in [0.05, 0.1) is 23.2 Å². The largest absolute Gasteiger partial charge is 0.450 e. The topological polar surface area (TPSA) is 166 Å². The SMILES string of the molecule is COCCCNCC1=CC2CC3(O)C(C)(CCC4C5(C=O)CCC(O)C6CCC(C(C)C)CC(C(O)C43O)C65O)C2C2=CC(=O)OC12. The van der Waals surface area contributed by atoms with E-state index in [0.29, 0.717) is 45.3 Å². The number of hydrogen-bond acceptors (Lipinski definition) is 10. The highest BCUT2D eigenvalue weighted by Crippen LogP contribution is 2.75. The van der Waals surface area contributed by atoms with E-state index in [1.807, 2.05) is 6.92 Å². The van der Waals surface area contributed by atoms with E-state index in [1.54, 1.807) is 13.2 Å². The third-order valence-electron chi connectivity index (χ3n) is 14.9. The number of allylic oxidation sites excluding steroid dienone is 1. The molecule has 14 unspecified atom stereocenters. The molecule has 7 aliphatic rings. The number of hydrogen-bond donors (Lipinski definition) is 6. The van der Waals surface area contributed by atoms with Gasteiger partial charge in [-0.3, -0.25) is 0 Å². The van der Waals surface area contributed by atoms with Gasteiger partial charge in [-0.1, -0.05) is 26.8 Å². The molecule has 0 aromatic rings. The molecule has 6 aliphatic carbocycles. The van der Waals surface area contributed by atoms with Gasteiger partial charge in [0.1, 0.15) is 23.6 Å². The molecule has 262 valence electrons. The molecule has 1 heterocycles. The maximum absolute atomic E-state index is 13.6. The minimum Gasteiger partial charge on any atom is -0.450 e. The van der Waals surface area contributed by atoms with Gasteiger partial charge in [-0.25, -0.2) is 4.79 Å². The van der Waals surface area contributed by atoms with E-state index in [1.165, 1.54) is 0 Å². The molecule has 5 saturated carbocycles. The van der Waals surface area contributed by atoms with Gasteiger partial charge in [-0.05, 0) is 99.1 Å². The molecule has 10 heteroatoms. The van der Waals surface area contributed by atoms with Crippen molar-refractivity contribution < 1.29 is 44.6 Å². The quantitative estimate of drug-likeness (QED) is 0.0985. The van der Waals surface area contributed by atoms with Crippen molar-refractivity contribution in [2.75, 3.05) is 26.8 Å². The zero-order valence-corrected chi connectivity index (χ0v) is 28.4. The highest BCUT2D eigenvalue weighted by Gasteiger charge is 2.84. The first-order chi connectivity index (χ1) is 22.2. The number of methoxy groups -OCH3 is 1. The molecule has 0 aromatic carbocycles. The average Bonchev–Trinajstić information content (AvgIpc) is 3.45. The molecule has 1 aliphatic heterocycles. The lowest BCUT2D eigenvalue weighted by Crippen LogP contribution is -2.85. The predicted octanol–water partition coefficient (Wildman–Crippen LogP) is 2.05. The van der Waals surface area contributed by atoms with Crippen LogP contribution in [-0.4, -0.2) is 99.7 Å². The van der Waals surface area contributed by atoms with Crippen molar-refractivity contribution in [2.45, 2.75) is 114 Å². The average molecular weight is 658 g/mol. The van der Waals surface area contributed by atoms with E-state index in [0.717, 1.165) is 36.8 Å². The van der Waals surface area contributed by atoms with Gasteiger partial charge in [0.25, 0.3) is 0 Å². The van der Waals surface area contributed by atoms with Gasteiger partial charge in [0.2, 0.25) is 0 Å². The van der Waals surface area contributed by atoms with Crippen LogP contribution in [0.25, 0.3) is 0 Å². The fourth-order valence-corrected chi connectivity index (χ4v) is 12.7. The van der Waals surface area contributed by atoms with Crippen molar-refractivity contribution in [2.24, 2.45) is 52.3 Å². The van der Waals surface area contributed by atoms with E-state index in [-0.39, 0.29) is 36.5 Å². The molecule has 5 fully saturated rings. The fraction of sp³-hybridized carbons (Fsp3) is 0.838. The van der Waals surface area contributed by atoms with Crippen molar-refractivity contribution in [3.63, 3.8) is 0 Å². The molecule has 0 saturated heterocycles. The van der Waals surface area contributed by atoms with Gasteiger partial charge in [0.15, 0.2) is 0 Å². The maximum Gasteiger partial charge on any atom is 0.331 e. The summed E-state index contributed by atoms with van der Waals surface area (Å²) in [7, 11) is 1.66. The number of ether oxygens (including phenoxy) is 2. The maximum atomic E-state index is 13.6. The number of nitrogens with one attached hydrogen (secondary N) is 1. The monoisotopic (exact) mass is 657 g/mol. The second-order valence-electron chi connectivity index (χ2n) is 16.8. The summed E-state index contributed by atoms with van der Waals surface area (Å²) in [6.07, 6.45) is 5.44. The normalized spacial score (nSPS) is 51.4. The van der Waals surface area contributed by atoms with Crippen LogP contribution in [0.2, 0.25) is 0 Å². The van der Waals surface area contributed by atoms with Crippen molar-refractivity contribution in [1.29, 1.82) is 0 Å². The summed E-state index contributed by atoms with van der Waals surface area (Å²) in [5.74, 6) is -3.08. The lowest BCUT2D eigenvalue weighted by molar-refractivity contribution is -0.373. The van der Waals surface area contributed by atoms with Crippen molar-refractivity contribution in [3.05, 3.63) is 23.3 Å². The van der Waals surface area contributed by atoms with Crippen LogP contribution in [0.5, 0.6) is 0 Å². The van der Waals surface area contributed by atoms with E-state index in [9.17, 15) is 35.1 Å². The summed E-state index contributed by atoms with van der Waals surface area (Å²) in [5, 5.41) is 67.0. The van der Waals surface area contributed by atoms with Crippen molar-refractivity contribution >= 4 is 12.3 Å². The second-order valence-corrected chi connectivity index (χ2v) is 16.8. The van der Waals surface area contributed by atoms with Crippen LogP contribution in [0, 0.1) is 52.3 Å². The van der Waals surface area contributed by atoms with Crippen LogP contribution in [0.15, 0.2) is 23.3 Å². The Balaban J connectivity index is 1.33. The minimum absolute atomic E-state index is 0.103. The van der Waals surface area contributed by atoms with Crippen LogP contribution in [0.4, 0.5) is 0 Å². The van der Waals surface area contributed by atoms with E-state index < -0.39 is 69.7 Å². The van der Waals surface area contributed by atoms with Crippen molar-refractivity contribution in [3.8, 4) is 0 Å².